The minimum Gasteiger partial charge on any atom is -0.383 e. The third kappa shape index (κ3) is 2.72. The third-order valence-electron chi connectivity index (χ3n) is 3.89. The Morgan fingerprint density at radius 3 is 2.68 bits per heavy atom. The van der Waals surface area contributed by atoms with Crippen LogP contribution in [0.3, 0.4) is 0 Å². The van der Waals surface area contributed by atoms with E-state index < -0.39 is 4.92 Å². The summed E-state index contributed by atoms with van der Waals surface area (Å²) in [5.41, 5.74) is 1.39. The fourth-order valence-electron chi connectivity index (χ4n) is 2.68. The number of non-ortho nitro benzene ring substituents is 1. The van der Waals surface area contributed by atoms with E-state index >= 15 is 0 Å². The molecule has 1 aliphatic rings. The van der Waals surface area contributed by atoms with E-state index in [0.29, 0.717) is 5.52 Å². The molecule has 22 heavy (non-hydrogen) atoms. The quantitative estimate of drug-likeness (QED) is 0.593. The van der Waals surface area contributed by atoms with Crippen LogP contribution in [0.25, 0.3) is 11.0 Å². The topological polar surface area (TPSA) is 97.8 Å². The number of benzene rings is 1. The number of anilines is 1. The van der Waals surface area contributed by atoms with Gasteiger partial charge in [-0.15, -0.1) is 0 Å². The standard InChI is InChI=1S/C13H17N5O4/c1-21-9-8-16-4-6-17(7-5-16)10-2-3-11(18(19)20)13-12(10)14-22-15-13/h2-3H,4-9H2,1H3. The molecule has 118 valence electrons. The molecule has 0 N–H and O–H groups in total. The van der Waals surface area contributed by atoms with Gasteiger partial charge in [0.15, 0.2) is 5.52 Å². The second-order valence-corrected chi connectivity index (χ2v) is 5.14. The van der Waals surface area contributed by atoms with Crippen molar-refractivity contribution < 1.29 is 14.3 Å². The van der Waals surface area contributed by atoms with Crippen molar-refractivity contribution in [3.05, 3.63) is 22.2 Å². The molecule has 1 aliphatic heterocycles. The smallest absolute Gasteiger partial charge is 0.300 e. The normalized spacial score (nSPS) is 16.3. The van der Waals surface area contributed by atoms with E-state index in [0.717, 1.165) is 45.0 Å². The zero-order valence-electron chi connectivity index (χ0n) is 12.3. The lowest BCUT2D eigenvalue weighted by Crippen LogP contribution is -2.47. The SMILES string of the molecule is COCCN1CCN(c2ccc([N+](=O)[O-])c3nonc23)CC1. The predicted molar refractivity (Wildman–Crippen MR) is 79.0 cm³/mol. The highest BCUT2D eigenvalue weighted by Crippen LogP contribution is 2.31. The first kappa shape index (κ1) is 14.7. The van der Waals surface area contributed by atoms with Gasteiger partial charge in [-0.1, -0.05) is 0 Å². The average molecular weight is 307 g/mol. The van der Waals surface area contributed by atoms with Crippen LogP contribution in [0.2, 0.25) is 0 Å². The van der Waals surface area contributed by atoms with Crippen LogP contribution in [0, 0.1) is 10.1 Å². The molecule has 0 atom stereocenters. The van der Waals surface area contributed by atoms with Crippen molar-refractivity contribution in [3.8, 4) is 0 Å². The molecule has 3 rings (SSSR count). The summed E-state index contributed by atoms with van der Waals surface area (Å²) in [6.07, 6.45) is 0. The summed E-state index contributed by atoms with van der Waals surface area (Å²) in [5, 5.41) is 18.5. The molecule has 0 saturated carbocycles. The highest BCUT2D eigenvalue weighted by Gasteiger charge is 2.24. The fourth-order valence-corrected chi connectivity index (χ4v) is 2.68. The molecule has 9 nitrogen and oxygen atoms in total. The lowest BCUT2D eigenvalue weighted by Gasteiger charge is -2.35. The zero-order valence-corrected chi connectivity index (χ0v) is 12.3. The van der Waals surface area contributed by atoms with E-state index in [1.165, 1.54) is 6.07 Å². The number of nitro groups is 1. The maximum absolute atomic E-state index is 11.0. The molecule has 1 aromatic heterocycles. The van der Waals surface area contributed by atoms with Gasteiger partial charge in [0.25, 0.3) is 0 Å². The number of methoxy groups -OCH3 is 1. The summed E-state index contributed by atoms with van der Waals surface area (Å²) in [6, 6.07) is 3.18. The Balaban J connectivity index is 1.79. The summed E-state index contributed by atoms with van der Waals surface area (Å²) in [4.78, 5) is 15.0. The third-order valence-corrected chi connectivity index (χ3v) is 3.89. The van der Waals surface area contributed by atoms with Gasteiger partial charge in [-0.05, 0) is 16.4 Å². The van der Waals surface area contributed by atoms with Gasteiger partial charge in [-0.2, -0.15) is 0 Å². The molecule has 1 aromatic carbocycles. The first-order chi connectivity index (χ1) is 10.7. The van der Waals surface area contributed by atoms with E-state index in [4.69, 9.17) is 9.37 Å². The van der Waals surface area contributed by atoms with Gasteiger partial charge >= 0.3 is 5.69 Å². The van der Waals surface area contributed by atoms with Gasteiger partial charge in [0.1, 0.15) is 0 Å². The molecule has 0 aliphatic carbocycles. The van der Waals surface area contributed by atoms with Gasteiger partial charge in [-0.3, -0.25) is 15.0 Å². The van der Waals surface area contributed by atoms with Gasteiger partial charge in [-0.25, -0.2) is 4.63 Å². The van der Waals surface area contributed by atoms with Crippen molar-refractivity contribution in [1.29, 1.82) is 0 Å². The van der Waals surface area contributed by atoms with Crippen molar-refractivity contribution in [2.75, 3.05) is 51.3 Å². The summed E-state index contributed by atoms with van der Waals surface area (Å²) in [6.45, 7) is 5.09. The predicted octanol–water partition coefficient (Wildman–Crippen LogP) is 0.899. The molecule has 9 heteroatoms. The zero-order chi connectivity index (χ0) is 15.5. The van der Waals surface area contributed by atoms with Crippen LogP contribution < -0.4 is 4.90 Å². The van der Waals surface area contributed by atoms with E-state index in [9.17, 15) is 10.1 Å². The molecule has 1 saturated heterocycles. The van der Waals surface area contributed by atoms with Crippen molar-refractivity contribution in [2.24, 2.45) is 0 Å². The average Bonchev–Trinajstić information content (AvgIpc) is 3.02. The number of rotatable bonds is 5. The molecular formula is C13H17N5O4. The Labute approximate surface area is 126 Å². The van der Waals surface area contributed by atoms with Gasteiger partial charge < -0.3 is 9.64 Å². The van der Waals surface area contributed by atoms with E-state index in [1.54, 1.807) is 13.2 Å². The van der Waals surface area contributed by atoms with Crippen molar-refractivity contribution >= 4 is 22.4 Å². The number of piperazine rings is 1. The fraction of sp³-hybridized carbons (Fsp3) is 0.538. The number of hydrogen-bond acceptors (Lipinski definition) is 8. The maximum Gasteiger partial charge on any atom is 0.300 e. The minimum absolute atomic E-state index is 0.0845. The van der Waals surface area contributed by atoms with Crippen LogP contribution >= 0.6 is 0 Å². The highest BCUT2D eigenvalue weighted by atomic mass is 16.6. The van der Waals surface area contributed by atoms with Crippen molar-refractivity contribution in [3.63, 3.8) is 0 Å². The number of fused-ring (bicyclic) bond motifs is 1. The highest BCUT2D eigenvalue weighted by molar-refractivity contribution is 5.93. The first-order valence-corrected chi connectivity index (χ1v) is 7.06. The van der Waals surface area contributed by atoms with Gasteiger partial charge in [0, 0.05) is 45.9 Å². The maximum atomic E-state index is 11.0. The van der Waals surface area contributed by atoms with E-state index in [-0.39, 0.29) is 11.2 Å². The van der Waals surface area contributed by atoms with Gasteiger partial charge in [0.2, 0.25) is 5.52 Å². The van der Waals surface area contributed by atoms with Crippen LogP contribution in [0.5, 0.6) is 0 Å². The van der Waals surface area contributed by atoms with Crippen molar-refractivity contribution in [2.45, 2.75) is 0 Å². The summed E-state index contributed by atoms with van der Waals surface area (Å²) in [5.74, 6) is 0. The second-order valence-electron chi connectivity index (χ2n) is 5.14. The number of aromatic nitrogens is 2. The van der Waals surface area contributed by atoms with Crippen LogP contribution in [-0.2, 0) is 4.74 Å². The van der Waals surface area contributed by atoms with Crippen LogP contribution in [0.4, 0.5) is 11.4 Å². The molecule has 0 bridgehead atoms. The van der Waals surface area contributed by atoms with E-state index in [1.807, 2.05) is 0 Å². The number of hydrogen-bond donors (Lipinski definition) is 0. The molecule has 0 spiro atoms. The largest absolute Gasteiger partial charge is 0.383 e. The number of nitro benzene ring substituents is 1. The summed E-state index contributed by atoms with van der Waals surface area (Å²) in [7, 11) is 1.70. The Bertz CT molecular complexity index is 665. The second kappa shape index (κ2) is 6.24. The molecule has 2 heterocycles. The van der Waals surface area contributed by atoms with E-state index in [2.05, 4.69) is 20.1 Å². The molecule has 0 unspecified atom stereocenters. The number of nitrogens with zero attached hydrogens (tertiary/aromatic N) is 5. The molecular weight excluding hydrogens is 290 g/mol. The molecule has 2 aromatic rings. The summed E-state index contributed by atoms with van der Waals surface area (Å²) < 4.78 is 9.79. The molecule has 0 radical (unpaired) electrons. The Morgan fingerprint density at radius 2 is 2.00 bits per heavy atom. The summed E-state index contributed by atoms with van der Waals surface area (Å²) >= 11 is 0. The Kier molecular flexibility index (Phi) is 4.16. The number of ether oxygens (including phenoxy) is 1. The minimum atomic E-state index is -0.473. The molecule has 0 amide bonds. The van der Waals surface area contributed by atoms with Crippen LogP contribution in [-0.4, -0.2) is 66.6 Å². The van der Waals surface area contributed by atoms with Crippen molar-refractivity contribution in [1.82, 2.24) is 15.2 Å². The Hall–Kier alpha value is -2.26. The van der Waals surface area contributed by atoms with Crippen LogP contribution in [0.15, 0.2) is 16.8 Å². The lowest BCUT2D eigenvalue weighted by atomic mass is 10.2. The van der Waals surface area contributed by atoms with Gasteiger partial charge in [0.05, 0.1) is 17.2 Å². The monoisotopic (exact) mass is 307 g/mol. The first-order valence-electron chi connectivity index (χ1n) is 7.06. The van der Waals surface area contributed by atoms with Crippen LogP contribution in [0.1, 0.15) is 0 Å². The molecule has 1 fully saturated rings. The lowest BCUT2D eigenvalue weighted by molar-refractivity contribution is -0.383. The Morgan fingerprint density at radius 1 is 1.27 bits per heavy atom.